The van der Waals surface area contributed by atoms with E-state index >= 15 is 0 Å². The standard InChI is InChI=1S/C22H25NO4S/c1-2-28(26)19-12-7-6-11-18(19)21(25)27-15-20(24)23-16-22(13-8-14-22)17-9-4-3-5-10-17/h3-7,9-12H,2,8,13-16H2,1H3,(H,23,24). The lowest BCUT2D eigenvalue weighted by Crippen LogP contribution is -2.46. The van der Waals surface area contributed by atoms with Gasteiger partial charge >= 0.3 is 5.97 Å². The zero-order chi connectivity index (χ0) is 20.0. The topological polar surface area (TPSA) is 72.5 Å². The summed E-state index contributed by atoms with van der Waals surface area (Å²) in [5, 5.41) is 2.90. The van der Waals surface area contributed by atoms with Gasteiger partial charge in [-0.2, -0.15) is 0 Å². The Morgan fingerprint density at radius 3 is 2.39 bits per heavy atom. The van der Waals surface area contributed by atoms with Crippen LogP contribution >= 0.6 is 0 Å². The zero-order valence-electron chi connectivity index (χ0n) is 16.0. The van der Waals surface area contributed by atoms with Crippen LogP contribution in [0.4, 0.5) is 0 Å². The number of ether oxygens (including phenoxy) is 1. The molecule has 0 spiro atoms. The highest BCUT2D eigenvalue weighted by Gasteiger charge is 2.38. The maximum absolute atomic E-state index is 12.3. The fourth-order valence-corrected chi connectivity index (χ4v) is 4.42. The second-order valence-corrected chi connectivity index (χ2v) is 8.69. The van der Waals surface area contributed by atoms with Crippen LogP contribution < -0.4 is 5.32 Å². The molecule has 0 aliphatic heterocycles. The summed E-state index contributed by atoms with van der Waals surface area (Å²) in [5.41, 5.74) is 1.45. The highest BCUT2D eigenvalue weighted by molar-refractivity contribution is 7.85. The van der Waals surface area contributed by atoms with Crippen LogP contribution in [0.2, 0.25) is 0 Å². The monoisotopic (exact) mass is 399 g/mol. The van der Waals surface area contributed by atoms with Gasteiger partial charge in [-0.3, -0.25) is 9.00 Å². The maximum atomic E-state index is 12.3. The maximum Gasteiger partial charge on any atom is 0.339 e. The van der Waals surface area contributed by atoms with E-state index < -0.39 is 16.8 Å². The summed E-state index contributed by atoms with van der Waals surface area (Å²) in [6, 6.07) is 16.8. The van der Waals surface area contributed by atoms with E-state index in [-0.39, 0.29) is 23.5 Å². The lowest BCUT2D eigenvalue weighted by Gasteiger charge is -2.42. The van der Waals surface area contributed by atoms with Gasteiger partial charge in [0.25, 0.3) is 5.91 Å². The van der Waals surface area contributed by atoms with Gasteiger partial charge in [0.2, 0.25) is 0 Å². The van der Waals surface area contributed by atoms with Crippen molar-refractivity contribution >= 4 is 22.7 Å². The van der Waals surface area contributed by atoms with Crippen LogP contribution in [0.25, 0.3) is 0 Å². The number of carbonyl (C=O) groups excluding carboxylic acids is 2. The van der Waals surface area contributed by atoms with E-state index in [9.17, 15) is 13.8 Å². The molecule has 2 aromatic rings. The van der Waals surface area contributed by atoms with Gasteiger partial charge in [-0.25, -0.2) is 4.79 Å². The predicted molar refractivity (Wildman–Crippen MR) is 109 cm³/mol. The second-order valence-electron chi connectivity index (χ2n) is 6.98. The van der Waals surface area contributed by atoms with Crippen molar-refractivity contribution in [3.05, 3.63) is 65.7 Å². The van der Waals surface area contributed by atoms with Gasteiger partial charge in [0.1, 0.15) is 0 Å². The molecule has 3 rings (SSSR count). The van der Waals surface area contributed by atoms with Crippen LogP contribution in [-0.4, -0.2) is 35.0 Å². The molecule has 6 heteroatoms. The minimum absolute atomic E-state index is 0.0223. The molecule has 1 atom stereocenters. The van der Waals surface area contributed by atoms with E-state index in [0.29, 0.717) is 17.2 Å². The second kappa shape index (κ2) is 9.15. The average molecular weight is 400 g/mol. The first-order valence-corrected chi connectivity index (χ1v) is 10.8. The Morgan fingerprint density at radius 1 is 1.07 bits per heavy atom. The molecular weight excluding hydrogens is 374 g/mol. The van der Waals surface area contributed by atoms with Gasteiger partial charge in [-0.1, -0.05) is 55.8 Å². The third kappa shape index (κ3) is 4.50. The van der Waals surface area contributed by atoms with Gasteiger partial charge in [0, 0.05) is 17.7 Å². The van der Waals surface area contributed by atoms with Gasteiger partial charge in [-0.05, 0) is 30.5 Å². The first kappa shape index (κ1) is 20.3. The largest absolute Gasteiger partial charge is 0.452 e. The summed E-state index contributed by atoms with van der Waals surface area (Å²) in [5.74, 6) is -0.551. The van der Waals surface area contributed by atoms with Crippen LogP contribution in [0.5, 0.6) is 0 Å². The van der Waals surface area contributed by atoms with E-state index in [2.05, 4.69) is 17.4 Å². The van der Waals surface area contributed by atoms with Crippen molar-refractivity contribution in [2.24, 2.45) is 0 Å². The van der Waals surface area contributed by atoms with Gasteiger partial charge in [0.15, 0.2) is 6.61 Å². The molecule has 1 aliphatic rings. The van der Waals surface area contributed by atoms with Gasteiger partial charge in [0.05, 0.1) is 21.3 Å². The lowest BCUT2D eigenvalue weighted by atomic mass is 9.64. The highest BCUT2D eigenvalue weighted by atomic mass is 32.2. The predicted octanol–water partition coefficient (Wildman–Crippen LogP) is 3.21. The minimum atomic E-state index is -1.27. The molecule has 1 unspecified atom stereocenters. The SMILES string of the molecule is CCS(=O)c1ccccc1C(=O)OCC(=O)NCC1(c2ccccc2)CCC1. The summed E-state index contributed by atoms with van der Waals surface area (Å²) in [6.45, 7) is 1.97. The number of amides is 1. The molecule has 0 saturated heterocycles. The smallest absolute Gasteiger partial charge is 0.339 e. The molecule has 1 aliphatic carbocycles. The number of carbonyl (C=O) groups is 2. The number of hydrogen-bond donors (Lipinski definition) is 1. The number of rotatable bonds is 8. The van der Waals surface area contributed by atoms with E-state index in [1.807, 2.05) is 18.2 Å². The zero-order valence-corrected chi connectivity index (χ0v) is 16.8. The van der Waals surface area contributed by atoms with E-state index in [1.54, 1.807) is 31.2 Å². The molecule has 1 amide bonds. The molecule has 1 saturated carbocycles. The summed E-state index contributed by atoms with van der Waals surface area (Å²) >= 11 is 0. The molecule has 0 aromatic heterocycles. The van der Waals surface area contributed by atoms with Crippen molar-refractivity contribution in [3.63, 3.8) is 0 Å². The Bertz CT molecular complexity index is 862. The number of esters is 1. The van der Waals surface area contributed by atoms with Crippen molar-refractivity contribution in [3.8, 4) is 0 Å². The number of hydrogen-bond acceptors (Lipinski definition) is 4. The minimum Gasteiger partial charge on any atom is -0.452 e. The Labute approximate surface area is 167 Å². The summed E-state index contributed by atoms with van der Waals surface area (Å²) in [7, 11) is -1.27. The molecule has 1 N–H and O–H groups in total. The Hall–Kier alpha value is -2.47. The van der Waals surface area contributed by atoms with Crippen molar-refractivity contribution in [1.29, 1.82) is 0 Å². The van der Waals surface area contributed by atoms with Crippen LogP contribution in [0.15, 0.2) is 59.5 Å². The van der Waals surface area contributed by atoms with Gasteiger partial charge in [-0.15, -0.1) is 0 Å². The number of nitrogens with one attached hydrogen (secondary N) is 1. The quantitative estimate of drug-likeness (QED) is 0.692. The molecule has 0 radical (unpaired) electrons. The first-order valence-electron chi connectivity index (χ1n) is 9.52. The molecule has 2 aromatic carbocycles. The van der Waals surface area contributed by atoms with E-state index in [0.717, 1.165) is 19.3 Å². The molecular formula is C22H25NO4S. The fraction of sp³-hybridized carbons (Fsp3) is 0.364. The van der Waals surface area contributed by atoms with Crippen LogP contribution in [-0.2, 0) is 25.7 Å². The molecule has 0 bridgehead atoms. The van der Waals surface area contributed by atoms with Crippen molar-refractivity contribution < 1.29 is 18.5 Å². The van der Waals surface area contributed by atoms with Crippen LogP contribution in [0, 0.1) is 0 Å². The van der Waals surface area contributed by atoms with E-state index in [1.165, 1.54) is 5.56 Å². The Kier molecular flexibility index (Phi) is 6.62. The lowest BCUT2D eigenvalue weighted by molar-refractivity contribution is -0.124. The summed E-state index contributed by atoms with van der Waals surface area (Å²) in [6.07, 6.45) is 3.21. The number of benzene rings is 2. The van der Waals surface area contributed by atoms with E-state index in [4.69, 9.17) is 4.74 Å². The average Bonchev–Trinajstić information content (AvgIpc) is 2.71. The van der Waals surface area contributed by atoms with Gasteiger partial charge < -0.3 is 10.1 Å². The van der Waals surface area contributed by atoms with Crippen molar-refractivity contribution in [2.45, 2.75) is 36.5 Å². The molecule has 28 heavy (non-hydrogen) atoms. The summed E-state index contributed by atoms with van der Waals surface area (Å²) < 4.78 is 17.3. The first-order chi connectivity index (χ1) is 13.6. The van der Waals surface area contributed by atoms with Crippen molar-refractivity contribution in [2.75, 3.05) is 18.9 Å². The third-order valence-electron chi connectivity index (χ3n) is 5.27. The molecule has 1 fully saturated rings. The molecule has 5 nitrogen and oxygen atoms in total. The van der Waals surface area contributed by atoms with Crippen LogP contribution in [0.1, 0.15) is 42.1 Å². The molecule has 0 heterocycles. The third-order valence-corrected chi connectivity index (χ3v) is 6.64. The fourth-order valence-electron chi connectivity index (χ4n) is 3.48. The highest BCUT2D eigenvalue weighted by Crippen LogP contribution is 2.43. The summed E-state index contributed by atoms with van der Waals surface area (Å²) in [4.78, 5) is 25.0. The Balaban J connectivity index is 1.55. The molecule has 148 valence electrons. The normalized spacial score (nSPS) is 15.9. The van der Waals surface area contributed by atoms with Crippen molar-refractivity contribution in [1.82, 2.24) is 5.32 Å². The Morgan fingerprint density at radius 2 is 1.75 bits per heavy atom. The van der Waals surface area contributed by atoms with Crippen LogP contribution in [0.3, 0.4) is 0 Å².